The molecule has 0 atom stereocenters. The highest BCUT2D eigenvalue weighted by Crippen LogP contribution is 2.12. The van der Waals surface area contributed by atoms with Crippen molar-refractivity contribution in [2.75, 3.05) is 19.6 Å². The van der Waals surface area contributed by atoms with E-state index in [1.807, 2.05) is 4.68 Å². The SMILES string of the molecule is CCCn1ncnc1CN1CCC(NCC)CC1. The van der Waals surface area contributed by atoms with Crippen LogP contribution in [0.2, 0.25) is 0 Å². The number of piperidine rings is 1. The van der Waals surface area contributed by atoms with Gasteiger partial charge in [-0.3, -0.25) is 4.90 Å². The van der Waals surface area contributed by atoms with E-state index >= 15 is 0 Å². The number of nitrogens with one attached hydrogen (secondary N) is 1. The molecule has 0 amide bonds. The van der Waals surface area contributed by atoms with Crippen molar-refractivity contribution in [1.82, 2.24) is 25.0 Å². The molecule has 18 heavy (non-hydrogen) atoms. The Morgan fingerprint density at radius 2 is 2.11 bits per heavy atom. The average Bonchev–Trinajstić information content (AvgIpc) is 2.80. The van der Waals surface area contributed by atoms with Crippen LogP contribution in [0.4, 0.5) is 0 Å². The molecule has 0 aliphatic carbocycles. The Morgan fingerprint density at radius 3 is 2.78 bits per heavy atom. The highest BCUT2D eigenvalue weighted by Gasteiger charge is 2.19. The van der Waals surface area contributed by atoms with Crippen LogP contribution in [0.1, 0.15) is 38.9 Å². The van der Waals surface area contributed by atoms with Crippen LogP contribution < -0.4 is 5.32 Å². The van der Waals surface area contributed by atoms with Crippen LogP contribution in [-0.2, 0) is 13.1 Å². The van der Waals surface area contributed by atoms with Gasteiger partial charge >= 0.3 is 0 Å². The van der Waals surface area contributed by atoms with Gasteiger partial charge in [0.1, 0.15) is 12.2 Å². The van der Waals surface area contributed by atoms with Crippen LogP contribution in [0, 0.1) is 0 Å². The molecular formula is C13H25N5. The molecule has 1 aliphatic heterocycles. The summed E-state index contributed by atoms with van der Waals surface area (Å²) < 4.78 is 2.04. The molecule has 0 saturated carbocycles. The van der Waals surface area contributed by atoms with Gasteiger partial charge in [0.2, 0.25) is 0 Å². The van der Waals surface area contributed by atoms with Gasteiger partial charge in [-0.05, 0) is 25.8 Å². The maximum absolute atomic E-state index is 4.38. The molecule has 2 heterocycles. The molecule has 1 N–H and O–H groups in total. The molecule has 102 valence electrons. The van der Waals surface area contributed by atoms with Gasteiger partial charge < -0.3 is 5.32 Å². The van der Waals surface area contributed by atoms with E-state index in [0.717, 1.165) is 45.0 Å². The van der Waals surface area contributed by atoms with E-state index in [4.69, 9.17) is 0 Å². The standard InChI is InChI=1S/C13H25N5/c1-3-7-18-13(15-11-16-18)10-17-8-5-12(6-9-17)14-4-2/h11-12,14H,3-10H2,1-2H3. The van der Waals surface area contributed by atoms with E-state index < -0.39 is 0 Å². The minimum Gasteiger partial charge on any atom is -0.314 e. The zero-order valence-corrected chi connectivity index (χ0v) is 11.6. The fourth-order valence-electron chi connectivity index (χ4n) is 2.59. The first-order valence-electron chi connectivity index (χ1n) is 7.16. The lowest BCUT2D eigenvalue weighted by molar-refractivity contribution is 0.185. The molecule has 0 radical (unpaired) electrons. The third-order valence-corrected chi connectivity index (χ3v) is 3.58. The molecule has 5 nitrogen and oxygen atoms in total. The summed E-state index contributed by atoms with van der Waals surface area (Å²) in [6.07, 6.45) is 5.28. The first-order valence-corrected chi connectivity index (χ1v) is 7.16. The lowest BCUT2D eigenvalue weighted by Crippen LogP contribution is -2.42. The molecule has 1 aromatic rings. The van der Waals surface area contributed by atoms with Crippen LogP contribution in [0.3, 0.4) is 0 Å². The monoisotopic (exact) mass is 251 g/mol. The highest BCUT2D eigenvalue weighted by molar-refractivity contribution is 4.87. The van der Waals surface area contributed by atoms with E-state index in [2.05, 4.69) is 34.1 Å². The largest absolute Gasteiger partial charge is 0.314 e. The van der Waals surface area contributed by atoms with Crippen LogP contribution in [0.15, 0.2) is 6.33 Å². The number of aryl methyl sites for hydroxylation is 1. The lowest BCUT2D eigenvalue weighted by Gasteiger charge is -2.31. The van der Waals surface area contributed by atoms with Crippen LogP contribution in [0.25, 0.3) is 0 Å². The number of aromatic nitrogens is 3. The molecule has 2 rings (SSSR count). The van der Waals surface area contributed by atoms with Gasteiger partial charge in [0.05, 0.1) is 6.54 Å². The summed E-state index contributed by atoms with van der Waals surface area (Å²) in [5.41, 5.74) is 0. The molecule has 1 aromatic heterocycles. The van der Waals surface area contributed by atoms with Crippen LogP contribution in [0.5, 0.6) is 0 Å². The van der Waals surface area contributed by atoms with Gasteiger partial charge in [-0.25, -0.2) is 9.67 Å². The summed E-state index contributed by atoms with van der Waals surface area (Å²) in [6, 6.07) is 0.708. The van der Waals surface area contributed by atoms with Crippen molar-refractivity contribution in [3.8, 4) is 0 Å². The van der Waals surface area contributed by atoms with E-state index in [-0.39, 0.29) is 0 Å². The van der Waals surface area contributed by atoms with Crippen molar-refractivity contribution in [3.05, 3.63) is 12.2 Å². The molecule has 5 heteroatoms. The van der Waals surface area contributed by atoms with E-state index in [1.165, 1.54) is 12.8 Å². The zero-order valence-electron chi connectivity index (χ0n) is 11.6. The minimum absolute atomic E-state index is 0.708. The van der Waals surface area contributed by atoms with E-state index in [9.17, 15) is 0 Å². The topological polar surface area (TPSA) is 46.0 Å². The Balaban J connectivity index is 1.82. The summed E-state index contributed by atoms with van der Waals surface area (Å²) in [4.78, 5) is 6.87. The van der Waals surface area contributed by atoms with Crippen molar-refractivity contribution in [2.24, 2.45) is 0 Å². The van der Waals surface area contributed by atoms with E-state index in [0.29, 0.717) is 6.04 Å². The normalized spacial score (nSPS) is 18.3. The predicted molar refractivity (Wildman–Crippen MR) is 72.3 cm³/mol. The summed E-state index contributed by atoms with van der Waals surface area (Å²) in [5.74, 6) is 1.11. The Hall–Kier alpha value is -0.940. The number of hydrogen-bond donors (Lipinski definition) is 1. The highest BCUT2D eigenvalue weighted by atomic mass is 15.3. The quantitative estimate of drug-likeness (QED) is 0.827. The van der Waals surface area contributed by atoms with Crippen LogP contribution >= 0.6 is 0 Å². The molecule has 0 spiro atoms. The number of nitrogens with zero attached hydrogens (tertiary/aromatic N) is 4. The maximum atomic E-state index is 4.38. The molecule has 1 fully saturated rings. The Morgan fingerprint density at radius 1 is 1.33 bits per heavy atom. The fraction of sp³-hybridized carbons (Fsp3) is 0.846. The molecule has 0 aromatic carbocycles. The van der Waals surface area contributed by atoms with Crippen molar-refractivity contribution < 1.29 is 0 Å². The molecule has 0 bridgehead atoms. The van der Waals surface area contributed by atoms with Gasteiger partial charge in [-0.15, -0.1) is 0 Å². The Labute approximate surface area is 110 Å². The fourth-order valence-corrected chi connectivity index (χ4v) is 2.59. The summed E-state index contributed by atoms with van der Waals surface area (Å²) in [7, 11) is 0. The predicted octanol–water partition coefficient (Wildman–Crippen LogP) is 1.26. The number of hydrogen-bond acceptors (Lipinski definition) is 4. The molecule has 0 unspecified atom stereocenters. The lowest BCUT2D eigenvalue weighted by atomic mass is 10.1. The van der Waals surface area contributed by atoms with Gasteiger partial charge in [-0.1, -0.05) is 13.8 Å². The van der Waals surface area contributed by atoms with Crippen molar-refractivity contribution >= 4 is 0 Å². The van der Waals surface area contributed by atoms with Crippen LogP contribution in [-0.4, -0.2) is 45.3 Å². The van der Waals surface area contributed by atoms with Crippen molar-refractivity contribution in [2.45, 2.75) is 52.2 Å². The maximum Gasteiger partial charge on any atom is 0.141 e. The first kappa shape index (κ1) is 13.5. The second kappa shape index (κ2) is 6.85. The van der Waals surface area contributed by atoms with Gasteiger partial charge in [0, 0.05) is 25.7 Å². The number of rotatable bonds is 6. The second-order valence-electron chi connectivity index (χ2n) is 5.01. The third kappa shape index (κ3) is 3.53. The zero-order chi connectivity index (χ0) is 12.8. The minimum atomic E-state index is 0.708. The Kier molecular flexibility index (Phi) is 5.13. The molecule has 1 saturated heterocycles. The molecule has 1 aliphatic rings. The average molecular weight is 251 g/mol. The van der Waals surface area contributed by atoms with E-state index in [1.54, 1.807) is 6.33 Å². The molecular weight excluding hydrogens is 226 g/mol. The van der Waals surface area contributed by atoms with Crippen molar-refractivity contribution in [3.63, 3.8) is 0 Å². The van der Waals surface area contributed by atoms with Gasteiger partial charge in [0.15, 0.2) is 0 Å². The van der Waals surface area contributed by atoms with Gasteiger partial charge in [0.25, 0.3) is 0 Å². The summed E-state index contributed by atoms with van der Waals surface area (Å²) in [5, 5.41) is 7.82. The Bertz CT molecular complexity index is 341. The van der Waals surface area contributed by atoms with Gasteiger partial charge in [-0.2, -0.15) is 5.10 Å². The second-order valence-corrected chi connectivity index (χ2v) is 5.01. The summed E-state index contributed by atoms with van der Waals surface area (Å²) >= 11 is 0. The third-order valence-electron chi connectivity index (χ3n) is 3.58. The van der Waals surface area contributed by atoms with Crippen molar-refractivity contribution in [1.29, 1.82) is 0 Å². The smallest absolute Gasteiger partial charge is 0.141 e. The number of likely N-dealkylation sites (tertiary alicyclic amines) is 1. The summed E-state index contributed by atoms with van der Waals surface area (Å²) in [6.45, 7) is 9.68. The first-order chi connectivity index (χ1) is 8.83.